The van der Waals surface area contributed by atoms with Crippen LogP contribution in [0, 0.1) is 0 Å². The van der Waals surface area contributed by atoms with Crippen LogP contribution < -0.4 is 5.32 Å². The van der Waals surface area contributed by atoms with E-state index < -0.39 is 12.1 Å². The molecule has 6 heteroatoms. The van der Waals surface area contributed by atoms with Crippen LogP contribution in [-0.4, -0.2) is 36.1 Å². The van der Waals surface area contributed by atoms with Crippen molar-refractivity contribution in [2.45, 2.75) is 44.1 Å². The maximum atomic E-state index is 12.5. The van der Waals surface area contributed by atoms with Gasteiger partial charge in [0, 0.05) is 17.4 Å². The van der Waals surface area contributed by atoms with Crippen LogP contribution in [0.2, 0.25) is 0 Å². The van der Waals surface area contributed by atoms with Gasteiger partial charge >= 0.3 is 5.97 Å². The zero-order valence-corrected chi connectivity index (χ0v) is 17.8. The number of benzene rings is 2. The van der Waals surface area contributed by atoms with Crippen molar-refractivity contribution in [3.63, 3.8) is 0 Å². The number of hydrogen-bond donors (Lipinski definition) is 1. The molecule has 2 atom stereocenters. The van der Waals surface area contributed by atoms with Crippen LogP contribution in [0.25, 0.3) is 0 Å². The highest BCUT2D eigenvalue weighted by atomic mass is 32.2. The summed E-state index contributed by atoms with van der Waals surface area (Å²) < 4.78 is 5.37. The number of rotatable bonds is 10. The first kappa shape index (κ1) is 22.7. The molecule has 1 amide bonds. The van der Waals surface area contributed by atoms with Gasteiger partial charge in [0.05, 0.1) is 11.3 Å². The van der Waals surface area contributed by atoms with Gasteiger partial charge < -0.3 is 10.1 Å². The summed E-state index contributed by atoms with van der Waals surface area (Å²) in [5, 5.41) is 2.88. The summed E-state index contributed by atoms with van der Waals surface area (Å²) in [7, 11) is 0. The standard InChI is InChI=1S/C23H27NO4S/c1-4-18(19-10-6-5-7-11-19)14-24-22(26)17(3)28-23(27)20-12-8-9-13-21(20)29-15-16(2)25/h5-13,17-18H,4,14-15H2,1-3H3,(H,24,26)/t17-,18+/m0/s1. The Morgan fingerprint density at radius 2 is 1.69 bits per heavy atom. The maximum absolute atomic E-state index is 12.5. The highest BCUT2D eigenvalue weighted by molar-refractivity contribution is 8.00. The smallest absolute Gasteiger partial charge is 0.340 e. The second-order valence-corrected chi connectivity index (χ2v) is 7.81. The molecular weight excluding hydrogens is 386 g/mol. The van der Waals surface area contributed by atoms with Gasteiger partial charge in [-0.3, -0.25) is 9.59 Å². The monoisotopic (exact) mass is 413 g/mol. The number of nitrogens with one attached hydrogen (secondary N) is 1. The van der Waals surface area contributed by atoms with Gasteiger partial charge in [-0.05, 0) is 38.0 Å². The molecule has 0 unspecified atom stereocenters. The molecule has 0 heterocycles. The predicted octanol–water partition coefficient (Wildman–Crippen LogP) is 4.22. The van der Waals surface area contributed by atoms with Crippen molar-refractivity contribution in [3.8, 4) is 0 Å². The summed E-state index contributed by atoms with van der Waals surface area (Å²) in [6.07, 6.45) is -0.0270. The van der Waals surface area contributed by atoms with E-state index >= 15 is 0 Å². The van der Waals surface area contributed by atoms with Gasteiger partial charge in [-0.1, -0.05) is 49.4 Å². The molecule has 2 rings (SSSR count). The van der Waals surface area contributed by atoms with Crippen LogP contribution in [0.3, 0.4) is 0 Å². The van der Waals surface area contributed by atoms with Gasteiger partial charge in [0.1, 0.15) is 5.78 Å². The van der Waals surface area contributed by atoms with Gasteiger partial charge in [-0.25, -0.2) is 4.79 Å². The predicted molar refractivity (Wildman–Crippen MR) is 115 cm³/mol. The average molecular weight is 414 g/mol. The molecular formula is C23H27NO4S. The van der Waals surface area contributed by atoms with Crippen molar-refractivity contribution < 1.29 is 19.1 Å². The molecule has 0 spiro atoms. The second-order valence-electron chi connectivity index (χ2n) is 6.80. The van der Waals surface area contributed by atoms with Gasteiger partial charge in [-0.15, -0.1) is 11.8 Å². The minimum atomic E-state index is -0.915. The maximum Gasteiger partial charge on any atom is 0.340 e. The van der Waals surface area contributed by atoms with E-state index in [9.17, 15) is 14.4 Å². The third kappa shape index (κ3) is 7.06. The Morgan fingerprint density at radius 1 is 1.03 bits per heavy atom. The number of amides is 1. The van der Waals surface area contributed by atoms with Crippen molar-refractivity contribution in [3.05, 3.63) is 65.7 Å². The van der Waals surface area contributed by atoms with E-state index in [2.05, 4.69) is 12.2 Å². The van der Waals surface area contributed by atoms with Crippen LogP contribution >= 0.6 is 11.8 Å². The number of carbonyl (C=O) groups is 3. The van der Waals surface area contributed by atoms with E-state index in [0.29, 0.717) is 17.0 Å². The zero-order valence-electron chi connectivity index (χ0n) is 17.0. The molecule has 1 N–H and O–H groups in total. The molecule has 0 saturated carbocycles. The Morgan fingerprint density at radius 3 is 2.34 bits per heavy atom. The van der Waals surface area contributed by atoms with E-state index in [0.717, 1.165) is 12.0 Å². The van der Waals surface area contributed by atoms with Gasteiger partial charge in [-0.2, -0.15) is 0 Å². The third-order valence-electron chi connectivity index (χ3n) is 4.48. The number of esters is 1. The van der Waals surface area contributed by atoms with Gasteiger partial charge in [0.2, 0.25) is 0 Å². The summed E-state index contributed by atoms with van der Waals surface area (Å²) >= 11 is 1.28. The molecule has 29 heavy (non-hydrogen) atoms. The first-order valence-electron chi connectivity index (χ1n) is 9.67. The molecule has 5 nitrogen and oxygen atoms in total. The number of carbonyl (C=O) groups excluding carboxylic acids is 3. The van der Waals surface area contributed by atoms with Crippen LogP contribution in [0.5, 0.6) is 0 Å². The molecule has 0 radical (unpaired) electrons. The van der Waals surface area contributed by atoms with Crippen LogP contribution in [0.15, 0.2) is 59.5 Å². The fraction of sp³-hybridized carbons (Fsp3) is 0.348. The highest BCUT2D eigenvalue weighted by Crippen LogP contribution is 2.24. The quantitative estimate of drug-likeness (QED) is 0.466. The second kappa shape index (κ2) is 11.4. The summed E-state index contributed by atoms with van der Waals surface area (Å²) in [5.41, 5.74) is 1.52. The third-order valence-corrected chi connectivity index (χ3v) is 5.70. The fourth-order valence-corrected chi connectivity index (χ4v) is 3.65. The van der Waals surface area contributed by atoms with E-state index in [4.69, 9.17) is 4.74 Å². The SMILES string of the molecule is CC[C@H](CNC(=O)[C@H](C)OC(=O)c1ccccc1SCC(C)=O)c1ccccc1. The number of ketones is 1. The fourth-order valence-electron chi connectivity index (χ4n) is 2.81. The Kier molecular flexibility index (Phi) is 8.93. The molecule has 0 fully saturated rings. The van der Waals surface area contributed by atoms with E-state index in [-0.39, 0.29) is 23.4 Å². The lowest BCUT2D eigenvalue weighted by molar-refractivity contribution is -0.129. The lowest BCUT2D eigenvalue weighted by atomic mass is 9.96. The summed E-state index contributed by atoms with van der Waals surface area (Å²) in [6, 6.07) is 16.9. The lowest BCUT2D eigenvalue weighted by Gasteiger charge is -2.19. The van der Waals surface area contributed by atoms with Gasteiger partial charge in [0.25, 0.3) is 5.91 Å². The first-order chi connectivity index (χ1) is 13.9. The summed E-state index contributed by atoms with van der Waals surface area (Å²) in [5.74, 6) is -0.407. The highest BCUT2D eigenvalue weighted by Gasteiger charge is 2.22. The minimum Gasteiger partial charge on any atom is -0.449 e. The summed E-state index contributed by atoms with van der Waals surface area (Å²) in [4.78, 5) is 36.9. The number of hydrogen-bond acceptors (Lipinski definition) is 5. The van der Waals surface area contributed by atoms with Gasteiger partial charge in [0.15, 0.2) is 6.10 Å². The largest absolute Gasteiger partial charge is 0.449 e. The van der Waals surface area contributed by atoms with E-state index in [1.807, 2.05) is 30.3 Å². The van der Waals surface area contributed by atoms with E-state index in [1.165, 1.54) is 18.7 Å². The van der Waals surface area contributed by atoms with Crippen molar-refractivity contribution >= 4 is 29.4 Å². The van der Waals surface area contributed by atoms with Crippen molar-refractivity contribution in [2.24, 2.45) is 0 Å². The molecule has 2 aromatic rings. The Hall–Kier alpha value is -2.60. The molecule has 0 saturated heterocycles. The van der Waals surface area contributed by atoms with Crippen LogP contribution in [-0.2, 0) is 14.3 Å². The Labute approximate surface area is 176 Å². The average Bonchev–Trinajstić information content (AvgIpc) is 2.73. The Bertz CT molecular complexity index is 838. The van der Waals surface area contributed by atoms with E-state index in [1.54, 1.807) is 31.2 Å². The van der Waals surface area contributed by atoms with Crippen molar-refractivity contribution in [2.75, 3.05) is 12.3 Å². The molecule has 0 bridgehead atoms. The molecule has 0 aliphatic rings. The van der Waals surface area contributed by atoms with Crippen LogP contribution in [0.1, 0.15) is 49.0 Å². The Balaban J connectivity index is 1.94. The summed E-state index contributed by atoms with van der Waals surface area (Å²) in [6.45, 7) is 5.61. The molecule has 0 aromatic heterocycles. The molecule has 154 valence electrons. The number of ether oxygens (including phenoxy) is 1. The topological polar surface area (TPSA) is 72.5 Å². The minimum absolute atomic E-state index is 0.0230. The van der Waals surface area contributed by atoms with Crippen molar-refractivity contribution in [1.82, 2.24) is 5.32 Å². The van der Waals surface area contributed by atoms with Crippen molar-refractivity contribution in [1.29, 1.82) is 0 Å². The lowest BCUT2D eigenvalue weighted by Crippen LogP contribution is -2.38. The molecule has 2 aromatic carbocycles. The van der Waals surface area contributed by atoms with Crippen LogP contribution in [0.4, 0.5) is 0 Å². The molecule has 0 aliphatic carbocycles. The zero-order chi connectivity index (χ0) is 21.2. The first-order valence-corrected chi connectivity index (χ1v) is 10.7. The number of Topliss-reactive ketones (excluding diaryl/α,β-unsaturated/α-hetero) is 1. The number of thioether (sulfide) groups is 1. The normalized spacial score (nSPS) is 12.7. The molecule has 0 aliphatic heterocycles.